The number of pyridine rings is 1. The number of aromatic nitrogens is 1. The van der Waals surface area contributed by atoms with Gasteiger partial charge in [-0.1, -0.05) is 36.4 Å². The number of rotatable bonds is 5. The number of hydrogen-bond acceptors (Lipinski definition) is 5. The first-order chi connectivity index (χ1) is 15.6. The van der Waals surface area contributed by atoms with Gasteiger partial charge >= 0.3 is 6.09 Å². The maximum absolute atomic E-state index is 12.5. The Labute approximate surface area is 190 Å². The molecule has 6 nitrogen and oxygen atoms in total. The number of carbonyl (C=O) groups is 1. The highest BCUT2D eigenvalue weighted by molar-refractivity contribution is 5.68. The largest absolute Gasteiger partial charge is 0.493 e. The van der Waals surface area contributed by atoms with Crippen molar-refractivity contribution in [3.05, 3.63) is 59.3 Å². The van der Waals surface area contributed by atoms with E-state index in [-0.39, 0.29) is 30.0 Å². The first-order valence-corrected chi connectivity index (χ1v) is 11.7. The highest BCUT2D eigenvalue weighted by atomic mass is 16.5. The van der Waals surface area contributed by atoms with E-state index in [1.165, 1.54) is 12.7 Å². The number of aromatic hydroxyl groups is 1. The summed E-state index contributed by atoms with van der Waals surface area (Å²) in [6.45, 7) is 3.11. The monoisotopic (exact) mass is 438 g/mol. The van der Waals surface area contributed by atoms with E-state index in [0.29, 0.717) is 19.1 Å². The highest BCUT2D eigenvalue weighted by Gasteiger charge is 2.38. The van der Waals surface area contributed by atoms with Crippen LogP contribution in [0, 0.1) is 6.92 Å². The number of nitrogens with zero attached hydrogens (tertiary/aromatic N) is 2. The maximum Gasteiger partial charge on any atom is 0.409 e. The zero-order valence-corrected chi connectivity index (χ0v) is 19.1. The summed E-state index contributed by atoms with van der Waals surface area (Å²) in [6.07, 6.45) is 5.95. The molecule has 1 aliphatic heterocycles. The standard InChI is InChI=1S/C26H34N2O4/c1-18-10-15-24(29)27-25(18)22-9-6-16-28(26(30)31-2)23(22)17-32-21-13-11-20(12-14-21)19-7-4-3-5-8-19/h3-5,7-8,10,15,20-23H,6,9,11-14,16-17H2,1-2H3,(H,27,29)/t20-,21+,22-,23-/m0/s1. The number of hydrogen-bond donors (Lipinski definition) is 1. The van der Waals surface area contributed by atoms with Crippen LogP contribution in [-0.2, 0) is 9.47 Å². The van der Waals surface area contributed by atoms with E-state index in [4.69, 9.17) is 9.47 Å². The van der Waals surface area contributed by atoms with Gasteiger partial charge in [-0.15, -0.1) is 0 Å². The first-order valence-electron chi connectivity index (χ1n) is 11.7. The van der Waals surface area contributed by atoms with Gasteiger partial charge in [0.25, 0.3) is 0 Å². The molecule has 0 unspecified atom stereocenters. The van der Waals surface area contributed by atoms with E-state index in [2.05, 4.69) is 35.3 Å². The van der Waals surface area contributed by atoms with Crippen LogP contribution in [0.4, 0.5) is 4.79 Å². The van der Waals surface area contributed by atoms with Crippen molar-refractivity contribution in [2.45, 2.75) is 69.4 Å². The fourth-order valence-electron chi connectivity index (χ4n) is 5.36. The smallest absolute Gasteiger partial charge is 0.409 e. The molecule has 0 spiro atoms. The molecule has 6 heteroatoms. The minimum Gasteiger partial charge on any atom is -0.493 e. The molecule has 2 aliphatic rings. The van der Waals surface area contributed by atoms with Crippen LogP contribution >= 0.6 is 0 Å². The average molecular weight is 439 g/mol. The van der Waals surface area contributed by atoms with Gasteiger partial charge in [-0.25, -0.2) is 9.78 Å². The van der Waals surface area contributed by atoms with Crippen molar-refractivity contribution in [3.63, 3.8) is 0 Å². The number of methoxy groups -OCH3 is 1. The lowest BCUT2D eigenvalue weighted by Crippen LogP contribution is -2.50. The SMILES string of the molecule is COC(=O)N1CCC[C@H](c2nc(O)ccc2C)[C@@H]1CO[C@H]1CC[C@@H](c2ccccc2)CC1. The van der Waals surface area contributed by atoms with E-state index >= 15 is 0 Å². The van der Waals surface area contributed by atoms with E-state index in [0.717, 1.165) is 49.8 Å². The summed E-state index contributed by atoms with van der Waals surface area (Å²) in [5, 5.41) is 9.98. The van der Waals surface area contributed by atoms with Crippen molar-refractivity contribution >= 4 is 6.09 Å². The lowest BCUT2D eigenvalue weighted by molar-refractivity contribution is -0.0243. The van der Waals surface area contributed by atoms with E-state index in [1.807, 2.05) is 13.0 Å². The molecule has 1 N–H and O–H groups in total. The van der Waals surface area contributed by atoms with Crippen LogP contribution in [0.2, 0.25) is 0 Å². The molecule has 32 heavy (non-hydrogen) atoms. The van der Waals surface area contributed by atoms with Gasteiger partial charge in [-0.05, 0) is 62.5 Å². The Hall–Kier alpha value is -2.60. The Morgan fingerprint density at radius 3 is 2.56 bits per heavy atom. The highest BCUT2D eigenvalue weighted by Crippen LogP contribution is 2.37. The number of aryl methyl sites for hydroxylation is 1. The molecule has 1 aliphatic carbocycles. The summed E-state index contributed by atoms with van der Waals surface area (Å²) >= 11 is 0. The van der Waals surface area contributed by atoms with Crippen LogP contribution < -0.4 is 0 Å². The Morgan fingerprint density at radius 2 is 1.84 bits per heavy atom. The van der Waals surface area contributed by atoms with E-state index < -0.39 is 0 Å². The Kier molecular flexibility index (Phi) is 7.30. The summed E-state index contributed by atoms with van der Waals surface area (Å²) in [5.41, 5.74) is 3.29. The minimum absolute atomic E-state index is 0.00982. The quantitative estimate of drug-likeness (QED) is 0.699. The molecule has 1 aromatic carbocycles. The topological polar surface area (TPSA) is 71.9 Å². The second kappa shape index (κ2) is 10.3. The van der Waals surface area contributed by atoms with E-state index in [9.17, 15) is 9.90 Å². The number of ether oxygens (including phenoxy) is 2. The van der Waals surface area contributed by atoms with Crippen molar-refractivity contribution in [3.8, 4) is 5.88 Å². The summed E-state index contributed by atoms with van der Waals surface area (Å²) in [6, 6.07) is 14.1. The van der Waals surface area contributed by atoms with Crippen LogP contribution in [0.3, 0.4) is 0 Å². The van der Waals surface area contributed by atoms with Crippen molar-refractivity contribution in [1.82, 2.24) is 9.88 Å². The summed E-state index contributed by atoms with van der Waals surface area (Å²) in [7, 11) is 1.42. The van der Waals surface area contributed by atoms with Crippen molar-refractivity contribution in [1.29, 1.82) is 0 Å². The van der Waals surface area contributed by atoms with Gasteiger partial charge in [0.05, 0.1) is 31.6 Å². The maximum atomic E-state index is 12.5. The second-order valence-electron chi connectivity index (χ2n) is 9.07. The van der Waals surface area contributed by atoms with Gasteiger partial charge in [0.1, 0.15) is 0 Å². The number of carbonyl (C=O) groups excluding carboxylic acids is 1. The molecule has 1 saturated carbocycles. The Balaban J connectivity index is 1.44. The predicted molar refractivity (Wildman–Crippen MR) is 123 cm³/mol. The van der Waals surface area contributed by atoms with Gasteiger partial charge in [-0.2, -0.15) is 0 Å². The van der Waals surface area contributed by atoms with Crippen LogP contribution in [0.5, 0.6) is 5.88 Å². The van der Waals surface area contributed by atoms with Crippen LogP contribution in [0.1, 0.15) is 67.2 Å². The lowest BCUT2D eigenvalue weighted by Gasteiger charge is -2.41. The van der Waals surface area contributed by atoms with Crippen LogP contribution in [0.25, 0.3) is 0 Å². The number of piperidine rings is 1. The normalized spacial score (nSPS) is 26.0. The summed E-state index contributed by atoms with van der Waals surface area (Å²) in [5.74, 6) is 0.625. The van der Waals surface area contributed by atoms with Gasteiger partial charge in [-0.3, -0.25) is 0 Å². The third-order valence-corrected chi connectivity index (χ3v) is 7.11. The molecule has 172 valence electrons. The van der Waals surface area contributed by atoms with Crippen LogP contribution in [0.15, 0.2) is 42.5 Å². The molecule has 4 rings (SSSR count). The molecule has 2 atom stereocenters. The van der Waals surface area contributed by atoms with Crippen molar-refractivity contribution in [2.75, 3.05) is 20.3 Å². The Bertz CT molecular complexity index is 896. The Morgan fingerprint density at radius 1 is 1.09 bits per heavy atom. The average Bonchev–Trinajstić information content (AvgIpc) is 2.84. The van der Waals surface area contributed by atoms with Crippen LogP contribution in [-0.4, -0.2) is 53.5 Å². The van der Waals surface area contributed by atoms with Gasteiger partial charge in [0.2, 0.25) is 5.88 Å². The van der Waals surface area contributed by atoms with Crippen molar-refractivity contribution < 1.29 is 19.4 Å². The van der Waals surface area contributed by atoms with Crippen molar-refractivity contribution in [2.24, 2.45) is 0 Å². The van der Waals surface area contributed by atoms with Gasteiger partial charge in [0, 0.05) is 18.5 Å². The lowest BCUT2D eigenvalue weighted by atomic mass is 9.82. The number of likely N-dealkylation sites (tertiary alicyclic amines) is 1. The molecule has 0 bridgehead atoms. The molecular weight excluding hydrogens is 404 g/mol. The fourth-order valence-corrected chi connectivity index (χ4v) is 5.36. The fraction of sp³-hybridized carbons (Fsp3) is 0.538. The molecule has 1 amide bonds. The third kappa shape index (κ3) is 5.07. The zero-order valence-electron chi connectivity index (χ0n) is 19.1. The number of amides is 1. The van der Waals surface area contributed by atoms with E-state index in [1.54, 1.807) is 11.0 Å². The zero-order chi connectivity index (χ0) is 22.5. The summed E-state index contributed by atoms with van der Waals surface area (Å²) in [4.78, 5) is 18.7. The molecule has 1 aromatic heterocycles. The van der Waals surface area contributed by atoms with Gasteiger partial charge in [0.15, 0.2) is 0 Å². The molecule has 2 fully saturated rings. The molecule has 2 heterocycles. The molecule has 1 saturated heterocycles. The minimum atomic E-state index is -0.325. The number of benzene rings is 1. The third-order valence-electron chi connectivity index (χ3n) is 7.11. The summed E-state index contributed by atoms with van der Waals surface area (Å²) < 4.78 is 11.5. The molecular formula is C26H34N2O4. The van der Waals surface area contributed by atoms with Gasteiger partial charge < -0.3 is 19.5 Å². The second-order valence-corrected chi connectivity index (χ2v) is 9.07. The molecule has 0 radical (unpaired) electrons. The predicted octanol–water partition coefficient (Wildman–Crippen LogP) is 5.15. The molecule has 2 aromatic rings. The first kappa shape index (κ1) is 22.6.